The molecule has 1 unspecified atom stereocenters. The third-order valence-corrected chi connectivity index (χ3v) is 4.15. The lowest BCUT2D eigenvalue weighted by Gasteiger charge is -2.14. The smallest absolute Gasteiger partial charge is 0.239 e. The maximum atomic E-state index is 11.2. The van der Waals surface area contributed by atoms with Gasteiger partial charge in [-0.25, -0.2) is 13.6 Å². The molecule has 1 aliphatic heterocycles. The summed E-state index contributed by atoms with van der Waals surface area (Å²) in [5, 5.41) is 5.14. The van der Waals surface area contributed by atoms with E-state index >= 15 is 0 Å². The van der Waals surface area contributed by atoms with Gasteiger partial charge in [0.1, 0.15) is 16.7 Å². The summed E-state index contributed by atoms with van der Waals surface area (Å²) in [6.07, 6.45) is 0.657. The average molecular weight is 312 g/mol. The van der Waals surface area contributed by atoms with Crippen molar-refractivity contribution in [2.24, 2.45) is 5.14 Å². The second-order valence-corrected chi connectivity index (χ2v) is 6.21. The minimum absolute atomic E-state index is 0.0178. The van der Waals surface area contributed by atoms with Crippen LogP contribution in [0.5, 0.6) is 5.75 Å². The fourth-order valence-electron chi connectivity index (χ4n) is 1.60. The molecule has 0 aliphatic carbocycles. The summed E-state index contributed by atoms with van der Waals surface area (Å²) in [6, 6.07) is 2.53. The predicted molar refractivity (Wildman–Crippen MR) is 67.7 cm³/mol. The second-order valence-electron chi connectivity index (χ2n) is 3.86. The van der Waals surface area contributed by atoms with Crippen molar-refractivity contribution in [2.45, 2.75) is 17.4 Å². The molecule has 0 spiro atoms. The highest BCUT2D eigenvalue weighted by Gasteiger charge is 2.21. The Morgan fingerprint density at radius 3 is 2.61 bits per heavy atom. The lowest BCUT2D eigenvalue weighted by Crippen LogP contribution is -2.17. The van der Waals surface area contributed by atoms with Crippen LogP contribution in [0.4, 0.5) is 0 Å². The lowest BCUT2D eigenvalue weighted by atomic mass is 10.3. The minimum atomic E-state index is -3.90. The van der Waals surface area contributed by atoms with Gasteiger partial charge in [0.15, 0.2) is 0 Å². The molecule has 0 amide bonds. The van der Waals surface area contributed by atoms with Crippen LogP contribution in [0.25, 0.3) is 0 Å². The van der Waals surface area contributed by atoms with E-state index in [9.17, 15) is 8.42 Å². The molecule has 2 rings (SSSR count). The van der Waals surface area contributed by atoms with E-state index < -0.39 is 10.0 Å². The Kier molecular flexibility index (Phi) is 4.03. The highest BCUT2D eigenvalue weighted by molar-refractivity contribution is 7.89. The van der Waals surface area contributed by atoms with Gasteiger partial charge in [0, 0.05) is 12.5 Å². The van der Waals surface area contributed by atoms with Crippen LogP contribution in [0.15, 0.2) is 17.0 Å². The number of ether oxygens (including phenoxy) is 2. The predicted octanol–water partition coefficient (Wildman–Crippen LogP) is 1.81. The van der Waals surface area contributed by atoms with E-state index in [2.05, 4.69) is 0 Å². The van der Waals surface area contributed by atoms with Crippen molar-refractivity contribution >= 4 is 33.2 Å². The van der Waals surface area contributed by atoms with Gasteiger partial charge in [-0.2, -0.15) is 0 Å². The summed E-state index contributed by atoms with van der Waals surface area (Å²) in [5.41, 5.74) is 0. The van der Waals surface area contributed by atoms with Crippen LogP contribution in [0.2, 0.25) is 10.0 Å². The molecule has 100 valence electrons. The summed E-state index contributed by atoms with van der Waals surface area (Å²) in [7, 11) is -3.90. The molecule has 0 radical (unpaired) electrons. The number of rotatable bonds is 3. The number of hydrogen-bond acceptors (Lipinski definition) is 4. The van der Waals surface area contributed by atoms with Crippen LogP contribution in [-0.4, -0.2) is 27.7 Å². The summed E-state index contributed by atoms with van der Waals surface area (Å²) < 4.78 is 33.2. The van der Waals surface area contributed by atoms with Crippen molar-refractivity contribution in [3.05, 3.63) is 22.2 Å². The number of benzene rings is 1. The second kappa shape index (κ2) is 5.22. The van der Waals surface area contributed by atoms with Crippen molar-refractivity contribution < 1.29 is 17.9 Å². The Morgan fingerprint density at radius 2 is 2.06 bits per heavy atom. The van der Waals surface area contributed by atoms with E-state index in [0.717, 1.165) is 6.42 Å². The fraction of sp³-hybridized carbons (Fsp3) is 0.400. The van der Waals surface area contributed by atoms with Crippen molar-refractivity contribution in [1.82, 2.24) is 0 Å². The third-order valence-electron chi connectivity index (χ3n) is 2.47. The van der Waals surface area contributed by atoms with Crippen molar-refractivity contribution in [3.8, 4) is 5.75 Å². The van der Waals surface area contributed by atoms with Crippen LogP contribution in [0, 0.1) is 0 Å². The summed E-state index contributed by atoms with van der Waals surface area (Å²) in [4.78, 5) is -0.218. The summed E-state index contributed by atoms with van der Waals surface area (Å²) in [5.74, 6) is 0.324. The van der Waals surface area contributed by atoms with Gasteiger partial charge in [-0.05, 0) is 6.07 Å². The molecule has 1 heterocycles. The largest absolute Gasteiger partial charge is 0.486 e. The zero-order valence-electron chi connectivity index (χ0n) is 9.23. The number of halogens is 2. The van der Waals surface area contributed by atoms with Crippen LogP contribution < -0.4 is 9.88 Å². The van der Waals surface area contributed by atoms with Crippen molar-refractivity contribution in [2.75, 3.05) is 13.2 Å². The van der Waals surface area contributed by atoms with E-state index in [1.807, 2.05) is 0 Å². The van der Waals surface area contributed by atoms with E-state index in [1.54, 1.807) is 0 Å². The number of primary sulfonamides is 1. The molecule has 1 aliphatic rings. The first kappa shape index (κ1) is 13.9. The molecular weight excluding hydrogens is 301 g/mol. The fourth-order valence-corrected chi connectivity index (χ4v) is 2.97. The van der Waals surface area contributed by atoms with Gasteiger partial charge in [-0.3, -0.25) is 0 Å². The van der Waals surface area contributed by atoms with Crippen molar-refractivity contribution in [1.29, 1.82) is 0 Å². The monoisotopic (exact) mass is 311 g/mol. The van der Waals surface area contributed by atoms with Gasteiger partial charge in [0.2, 0.25) is 10.0 Å². The van der Waals surface area contributed by atoms with Crippen LogP contribution in [-0.2, 0) is 14.8 Å². The zero-order valence-corrected chi connectivity index (χ0v) is 11.6. The summed E-state index contributed by atoms with van der Waals surface area (Å²) >= 11 is 11.8. The maximum absolute atomic E-state index is 11.2. The highest BCUT2D eigenvalue weighted by Crippen LogP contribution is 2.34. The van der Waals surface area contributed by atoms with Gasteiger partial charge in [0.05, 0.1) is 23.3 Å². The van der Waals surface area contributed by atoms with Crippen molar-refractivity contribution in [3.63, 3.8) is 0 Å². The van der Waals surface area contributed by atoms with Crippen LogP contribution in [0.1, 0.15) is 6.42 Å². The standard InChI is InChI=1S/C10H11Cl2NO4S/c11-7-4-10(18(13,14)15)8(12)3-9(7)17-6-1-2-16-5-6/h3-4,6H,1-2,5H2,(H2,13,14,15). The first-order valence-electron chi connectivity index (χ1n) is 5.14. The third kappa shape index (κ3) is 3.07. The maximum Gasteiger partial charge on any atom is 0.239 e. The first-order valence-corrected chi connectivity index (χ1v) is 7.44. The van der Waals surface area contributed by atoms with Crippen LogP contribution >= 0.6 is 23.2 Å². The molecule has 1 atom stereocenters. The number of hydrogen-bond donors (Lipinski definition) is 1. The Morgan fingerprint density at radius 1 is 1.33 bits per heavy atom. The molecule has 1 aromatic rings. The van der Waals surface area contributed by atoms with Gasteiger partial charge < -0.3 is 9.47 Å². The molecule has 1 aromatic carbocycles. The van der Waals surface area contributed by atoms with Gasteiger partial charge in [-0.1, -0.05) is 23.2 Å². The molecule has 2 N–H and O–H groups in total. The Labute approximate surface area is 115 Å². The number of nitrogens with two attached hydrogens (primary N) is 1. The van der Waals surface area contributed by atoms with E-state index in [1.165, 1.54) is 12.1 Å². The molecule has 0 bridgehead atoms. The molecule has 5 nitrogen and oxygen atoms in total. The van der Waals surface area contributed by atoms with Crippen LogP contribution in [0.3, 0.4) is 0 Å². The Bertz CT molecular complexity index is 555. The molecule has 1 saturated heterocycles. The van der Waals surface area contributed by atoms with E-state index in [0.29, 0.717) is 19.0 Å². The normalized spacial score (nSPS) is 20.1. The molecule has 18 heavy (non-hydrogen) atoms. The lowest BCUT2D eigenvalue weighted by molar-refractivity contribution is 0.141. The first-order chi connectivity index (χ1) is 8.38. The quantitative estimate of drug-likeness (QED) is 0.923. The zero-order chi connectivity index (χ0) is 13.3. The Balaban J connectivity index is 2.30. The summed E-state index contributed by atoms with van der Waals surface area (Å²) in [6.45, 7) is 1.11. The number of sulfonamides is 1. The molecule has 1 fully saturated rings. The topological polar surface area (TPSA) is 78.6 Å². The minimum Gasteiger partial charge on any atom is -0.486 e. The Hall–Kier alpha value is -0.530. The average Bonchev–Trinajstić information content (AvgIpc) is 2.74. The molecule has 0 saturated carbocycles. The highest BCUT2D eigenvalue weighted by atomic mass is 35.5. The van der Waals surface area contributed by atoms with Gasteiger partial charge >= 0.3 is 0 Å². The SMILES string of the molecule is NS(=O)(=O)c1cc(Cl)c(OC2CCOC2)cc1Cl. The van der Waals surface area contributed by atoms with Gasteiger partial charge in [0.25, 0.3) is 0 Å². The molecule has 8 heteroatoms. The van der Waals surface area contributed by atoms with E-state index in [4.69, 9.17) is 37.8 Å². The van der Waals surface area contributed by atoms with Gasteiger partial charge in [-0.15, -0.1) is 0 Å². The molecular formula is C10H11Cl2NO4S. The van der Waals surface area contributed by atoms with E-state index in [-0.39, 0.29) is 21.0 Å². The molecule has 0 aromatic heterocycles.